The number of imidazole rings is 1. The molecule has 0 amide bonds. The first-order valence-corrected chi connectivity index (χ1v) is 11.0. The molecule has 0 saturated heterocycles. The number of anilines is 1. The highest BCUT2D eigenvalue weighted by Gasteiger charge is 2.13. The van der Waals surface area contributed by atoms with Crippen molar-refractivity contribution >= 4 is 46.9 Å². The molecule has 0 N–H and O–H groups in total. The molecule has 0 saturated carbocycles. The second-order valence-electron chi connectivity index (χ2n) is 6.27. The lowest BCUT2D eigenvalue weighted by Crippen LogP contribution is -2.23. The Balaban J connectivity index is 1.67. The van der Waals surface area contributed by atoms with Gasteiger partial charge in [-0.25, -0.2) is 4.98 Å². The molecule has 0 aliphatic rings. The van der Waals surface area contributed by atoms with E-state index in [1.165, 1.54) is 5.56 Å². The van der Waals surface area contributed by atoms with Crippen molar-refractivity contribution in [1.29, 1.82) is 0 Å². The molecule has 0 aliphatic heterocycles. The molecular weight excluding hydrogens is 410 g/mol. The third-order valence-electron chi connectivity index (χ3n) is 4.33. The molecule has 28 heavy (non-hydrogen) atoms. The molecule has 2 aromatic carbocycles. The van der Waals surface area contributed by atoms with Crippen molar-refractivity contribution < 1.29 is 4.74 Å². The van der Waals surface area contributed by atoms with Gasteiger partial charge in [0.05, 0.1) is 24.1 Å². The minimum Gasteiger partial charge on any atom is -0.489 e. The van der Waals surface area contributed by atoms with E-state index < -0.39 is 0 Å². The molecule has 146 valence electrons. The van der Waals surface area contributed by atoms with Crippen LogP contribution in [0.25, 0.3) is 0 Å². The zero-order valence-electron chi connectivity index (χ0n) is 15.6. The first-order chi connectivity index (χ1) is 13.7. The van der Waals surface area contributed by atoms with E-state index in [1.54, 1.807) is 23.6 Å². The van der Waals surface area contributed by atoms with Gasteiger partial charge in [0.1, 0.15) is 11.9 Å². The molecule has 0 bridgehead atoms. The first kappa shape index (κ1) is 20.7. The van der Waals surface area contributed by atoms with E-state index in [9.17, 15) is 0 Å². The molecule has 3 aromatic rings. The van der Waals surface area contributed by atoms with Crippen molar-refractivity contribution in [3.05, 3.63) is 77.8 Å². The van der Waals surface area contributed by atoms with Crippen LogP contribution in [0.2, 0.25) is 5.02 Å². The number of halogens is 1. The van der Waals surface area contributed by atoms with Crippen LogP contribution in [0.5, 0.6) is 5.75 Å². The molecule has 1 unspecified atom stereocenters. The average Bonchev–Trinajstić information content (AvgIpc) is 3.22. The number of aryl methyl sites for hydroxylation is 1. The summed E-state index contributed by atoms with van der Waals surface area (Å²) >= 11 is 12.6. The second-order valence-corrected chi connectivity index (χ2v) is 7.68. The van der Waals surface area contributed by atoms with Crippen LogP contribution in [0, 0.1) is 0 Å². The maximum atomic E-state index is 6.30. The molecule has 7 heteroatoms. The van der Waals surface area contributed by atoms with Crippen molar-refractivity contribution in [2.24, 2.45) is 0 Å². The average molecular weight is 432 g/mol. The van der Waals surface area contributed by atoms with Crippen LogP contribution in [0.3, 0.4) is 0 Å². The van der Waals surface area contributed by atoms with Gasteiger partial charge in [0.15, 0.2) is 0 Å². The SMILES string of the molecule is CSN(C=S)c1ccc(OC(CCc2ccc(Cl)cc2)Cn2ccnc2)cc1. The molecule has 0 aliphatic carbocycles. The lowest BCUT2D eigenvalue weighted by molar-refractivity contribution is 0.170. The van der Waals surface area contributed by atoms with E-state index in [2.05, 4.69) is 17.1 Å². The van der Waals surface area contributed by atoms with Gasteiger partial charge in [-0.1, -0.05) is 36.0 Å². The number of rotatable bonds is 10. The number of hydrogen-bond donors (Lipinski definition) is 0. The number of ether oxygens (including phenoxy) is 1. The first-order valence-electron chi connectivity index (χ1n) is 8.93. The van der Waals surface area contributed by atoms with Crippen molar-refractivity contribution in [3.8, 4) is 5.75 Å². The zero-order chi connectivity index (χ0) is 19.8. The van der Waals surface area contributed by atoms with E-state index in [-0.39, 0.29) is 6.10 Å². The lowest BCUT2D eigenvalue weighted by atomic mass is 10.1. The van der Waals surface area contributed by atoms with Crippen LogP contribution in [-0.4, -0.2) is 27.4 Å². The molecular formula is C21H22ClN3OS2. The maximum absolute atomic E-state index is 6.30. The van der Waals surface area contributed by atoms with Crippen LogP contribution in [0.4, 0.5) is 5.69 Å². The topological polar surface area (TPSA) is 30.3 Å². The Morgan fingerprint density at radius 1 is 1.21 bits per heavy atom. The van der Waals surface area contributed by atoms with Gasteiger partial charge in [-0.05, 0) is 66.8 Å². The normalized spacial score (nSPS) is 11.8. The third-order valence-corrected chi connectivity index (χ3v) is 5.63. The van der Waals surface area contributed by atoms with Gasteiger partial charge in [0.25, 0.3) is 0 Å². The second kappa shape index (κ2) is 10.5. The number of benzene rings is 2. The molecule has 0 fully saturated rings. The summed E-state index contributed by atoms with van der Waals surface area (Å²) in [6.45, 7) is 0.742. The van der Waals surface area contributed by atoms with Crippen molar-refractivity contribution in [1.82, 2.24) is 9.55 Å². The van der Waals surface area contributed by atoms with Crippen molar-refractivity contribution in [3.63, 3.8) is 0 Å². The molecule has 3 rings (SSSR count). The van der Waals surface area contributed by atoms with E-state index in [0.717, 1.165) is 35.8 Å². The fourth-order valence-corrected chi connectivity index (χ4v) is 3.79. The van der Waals surface area contributed by atoms with Gasteiger partial charge in [0.2, 0.25) is 0 Å². The lowest BCUT2D eigenvalue weighted by Gasteiger charge is -2.21. The summed E-state index contributed by atoms with van der Waals surface area (Å²) in [5, 5.41) is 0.755. The molecule has 0 spiro atoms. The van der Waals surface area contributed by atoms with Crippen molar-refractivity contribution in [2.75, 3.05) is 10.6 Å². The quantitative estimate of drug-likeness (QED) is 0.305. The Kier molecular flexibility index (Phi) is 7.77. The minimum atomic E-state index is 0.0258. The monoisotopic (exact) mass is 431 g/mol. The summed E-state index contributed by atoms with van der Waals surface area (Å²) in [4.78, 5) is 4.13. The molecule has 1 heterocycles. The summed E-state index contributed by atoms with van der Waals surface area (Å²) in [6, 6.07) is 16.0. The molecule has 1 atom stereocenters. The standard InChI is InChI=1S/C21H22ClN3OS2/c1-28-25(16-27)19-7-10-20(11-8-19)26-21(14-24-13-12-23-15-24)9-4-17-2-5-18(22)6-3-17/h2-3,5-8,10-13,15-16,21H,4,9,14H2,1H3. The summed E-state index contributed by atoms with van der Waals surface area (Å²) in [5.74, 6) is 0.843. The van der Waals surface area contributed by atoms with Crippen LogP contribution >= 0.6 is 35.8 Å². The zero-order valence-corrected chi connectivity index (χ0v) is 18.0. The third kappa shape index (κ3) is 5.99. The van der Waals surface area contributed by atoms with Crippen molar-refractivity contribution in [2.45, 2.75) is 25.5 Å². The van der Waals surface area contributed by atoms with Gasteiger partial charge < -0.3 is 9.30 Å². The summed E-state index contributed by atoms with van der Waals surface area (Å²) < 4.78 is 10.3. The highest BCUT2D eigenvalue weighted by molar-refractivity contribution is 8.01. The highest BCUT2D eigenvalue weighted by atomic mass is 35.5. The number of thiocarbonyl (C=S) groups is 1. The molecule has 4 nitrogen and oxygen atoms in total. The van der Waals surface area contributed by atoms with Gasteiger partial charge in [0, 0.05) is 23.7 Å². The van der Waals surface area contributed by atoms with Gasteiger partial charge >= 0.3 is 0 Å². The summed E-state index contributed by atoms with van der Waals surface area (Å²) in [7, 11) is 0. The Morgan fingerprint density at radius 3 is 2.57 bits per heavy atom. The molecule has 0 radical (unpaired) electrons. The fourth-order valence-electron chi connectivity index (χ4n) is 2.87. The van der Waals surface area contributed by atoms with E-state index >= 15 is 0 Å². The highest BCUT2D eigenvalue weighted by Crippen LogP contribution is 2.24. The number of hydrogen-bond acceptors (Lipinski definition) is 4. The number of nitrogens with zero attached hydrogens (tertiary/aromatic N) is 3. The van der Waals surface area contributed by atoms with Crippen LogP contribution < -0.4 is 9.04 Å². The fraction of sp³-hybridized carbons (Fsp3) is 0.238. The molecule has 1 aromatic heterocycles. The van der Waals surface area contributed by atoms with Gasteiger partial charge in [-0.2, -0.15) is 0 Å². The number of aromatic nitrogens is 2. The smallest absolute Gasteiger partial charge is 0.119 e. The summed E-state index contributed by atoms with van der Waals surface area (Å²) in [6.07, 6.45) is 9.38. The Labute approximate surface area is 180 Å². The Morgan fingerprint density at radius 2 is 1.96 bits per heavy atom. The van der Waals surface area contributed by atoms with E-state index in [4.69, 9.17) is 28.6 Å². The van der Waals surface area contributed by atoms with Gasteiger partial charge in [-0.3, -0.25) is 4.31 Å². The Bertz CT molecular complexity index is 854. The maximum Gasteiger partial charge on any atom is 0.119 e. The van der Waals surface area contributed by atoms with E-state index in [0.29, 0.717) is 0 Å². The largest absolute Gasteiger partial charge is 0.489 e. The Hall–Kier alpha value is -2.02. The summed E-state index contributed by atoms with van der Waals surface area (Å²) in [5.41, 5.74) is 3.91. The van der Waals surface area contributed by atoms with E-state index in [1.807, 2.05) is 64.1 Å². The van der Waals surface area contributed by atoms with Crippen LogP contribution in [-0.2, 0) is 13.0 Å². The van der Waals surface area contributed by atoms with Gasteiger partial charge in [-0.15, -0.1) is 0 Å². The minimum absolute atomic E-state index is 0.0258. The predicted octanol–water partition coefficient (Wildman–Crippen LogP) is 5.66. The van der Waals surface area contributed by atoms with Crippen LogP contribution in [0.1, 0.15) is 12.0 Å². The van der Waals surface area contributed by atoms with Crippen LogP contribution in [0.15, 0.2) is 67.3 Å². The predicted molar refractivity (Wildman–Crippen MR) is 123 cm³/mol.